The van der Waals surface area contributed by atoms with Crippen LogP contribution in [-0.2, 0) is 6.42 Å². The minimum atomic E-state index is -2.89. The van der Waals surface area contributed by atoms with Crippen molar-refractivity contribution < 1.29 is 13.5 Å². The van der Waals surface area contributed by atoms with Crippen LogP contribution >= 0.6 is 11.6 Å². The van der Waals surface area contributed by atoms with Gasteiger partial charge in [0, 0.05) is 18.5 Å². The smallest absolute Gasteiger partial charge is 0.387 e. The molecule has 0 aliphatic rings. The quantitative estimate of drug-likeness (QED) is 0.832. The van der Waals surface area contributed by atoms with Crippen molar-refractivity contribution in [1.29, 1.82) is 0 Å². The van der Waals surface area contributed by atoms with Crippen LogP contribution in [-0.4, -0.2) is 16.0 Å². The second-order valence-electron chi connectivity index (χ2n) is 3.22. The molecule has 0 N–H and O–H groups in total. The molecule has 2 aromatic heterocycles. The molecule has 0 amide bonds. The molecule has 16 heavy (non-hydrogen) atoms. The molecule has 3 nitrogen and oxygen atoms in total. The molecule has 0 saturated carbocycles. The lowest BCUT2D eigenvalue weighted by atomic mass is 10.4. The molecule has 6 heteroatoms. The predicted molar refractivity (Wildman–Crippen MR) is 56.2 cm³/mol. The Morgan fingerprint density at radius 3 is 2.88 bits per heavy atom. The third-order valence-corrected chi connectivity index (χ3v) is 2.32. The molecule has 0 unspecified atom stereocenters. The van der Waals surface area contributed by atoms with E-state index in [0.29, 0.717) is 17.1 Å². The normalized spacial score (nSPS) is 11.3. The fourth-order valence-corrected chi connectivity index (χ4v) is 1.64. The number of alkyl halides is 2. The molecule has 2 rings (SSSR count). The number of ether oxygens (including phenoxy) is 1. The fourth-order valence-electron chi connectivity index (χ4n) is 1.44. The lowest BCUT2D eigenvalue weighted by Gasteiger charge is -2.05. The first-order valence-corrected chi connectivity index (χ1v) is 5.10. The van der Waals surface area contributed by atoms with Gasteiger partial charge < -0.3 is 9.14 Å². The molecule has 0 fully saturated rings. The third-order valence-electron chi connectivity index (χ3n) is 2.11. The van der Waals surface area contributed by atoms with Gasteiger partial charge in [-0.15, -0.1) is 0 Å². The minimum Gasteiger partial charge on any atom is -0.431 e. The van der Waals surface area contributed by atoms with Crippen molar-refractivity contribution in [3.63, 3.8) is 0 Å². The largest absolute Gasteiger partial charge is 0.431 e. The highest BCUT2D eigenvalue weighted by Crippen LogP contribution is 2.25. The Hall–Kier alpha value is -1.36. The Morgan fingerprint density at radius 1 is 1.50 bits per heavy atom. The molecule has 0 saturated heterocycles. The van der Waals surface area contributed by atoms with Gasteiger partial charge >= 0.3 is 6.61 Å². The maximum atomic E-state index is 12.2. The maximum absolute atomic E-state index is 12.2. The summed E-state index contributed by atoms with van der Waals surface area (Å²) in [4.78, 5) is 4.17. The summed E-state index contributed by atoms with van der Waals surface area (Å²) in [5.41, 5.74) is 1.14. The van der Waals surface area contributed by atoms with E-state index in [-0.39, 0.29) is 5.75 Å². The number of aromatic nitrogens is 2. The van der Waals surface area contributed by atoms with Crippen molar-refractivity contribution in [2.45, 2.75) is 20.0 Å². The second kappa shape index (κ2) is 4.25. The van der Waals surface area contributed by atoms with Crippen LogP contribution in [0.25, 0.3) is 5.65 Å². The number of pyridine rings is 1. The molecule has 0 atom stereocenters. The van der Waals surface area contributed by atoms with Crippen LogP contribution in [0.3, 0.4) is 0 Å². The zero-order valence-corrected chi connectivity index (χ0v) is 9.21. The summed E-state index contributed by atoms with van der Waals surface area (Å²) in [5.74, 6) is -0.0119. The average molecular weight is 247 g/mol. The van der Waals surface area contributed by atoms with E-state index in [1.165, 1.54) is 6.07 Å². The molecule has 86 valence electrons. The summed E-state index contributed by atoms with van der Waals surface area (Å²) in [7, 11) is 0. The van der Waals surface area contributed by atoms with Crippen LogP contribution in [0.15, 0.2) is 18.5 Å². The Kier molecular flexibility index (Phi) is 2.96. The molecule has 0 spiro atoms. The molecule has 0 radical (unpaired) electrons. The van der Waals surface area contributed by atoms with Crippen LogP contribution < -0.4 is 4.74 Å². The van der Waals surface area contributed by atoms with Gasteiger partial charge in [0.05, 0.1) is 10.7 Å². The third kappa shape index (κ3) is 2.09. The van der Waals surface area contributed by atoms with Crippen LogP contribution in [0.5, 0.6) is 5.75 Å². The summed E-state index contributed by atoms with van der Waals surface area (Å²) in [6.07, 6.45) is 4.05. The lowest BCUT2D eigenvalue weighted by molar-refractivity contribution is -0.0491. The van der Waals surface area contributed by atoms with Crippen molar-refractivity contribution in [3.05, 3.63) is 29.2 Å². The van der Waals surface area contributed by atoms with E-state index in [0.717, 1.165) is 5.69 Å². The highest BCUT2D eigenvalue weighted by molar-refractivity contribution is 6.30. The Labute approximate surface area is 95.6 Å². The number of hydrogen-bond donors (Lipinski definition) is 0. The molecule has 2 aromatic rings. The number of halogens is 3. The van der Waals surface area contributed by atoms with Crippen LogP contribution in [0, 0.1) is 0 Å². The van der Waals surface area contributed by atoms with Gasteiger partial charge in [0.1, 0.15) is 0 Å². The van der Waals surface area contributed by atoms with Gasteiger partial charge in [-0.2, -0.15) is 8.78 Å². The number of rotatable bonds is 3. The van der Waals surface area contributed by atoms with E-state index in [1.807, 2.05) is 6.92 Å². The van der Waals surface area contributed by atoms with Crippen molar-refractivity contribution in [3.8, 4) is 5.75 Å². The fraction of sp³-hybridized carbons (Fsp3) is 0.300. The summed E-state index contributed by atoms with van der Waals surface area (Å²) < 4.78 is 30.3. The van der Waals surface area contributed by atoms with Gasteiger partial charge in [0.15, 0.2) is 11.4 Å². The van der Waals surface area contributed by atoms with E-state index in [1.54, 1.807) is 16.8 Å². The maximum Gasteiger partial charge on any atom is 0.387 e. The monoisotopic (exact) mass is 246 g/mol. The summed E-state index contributed by atoms with van der Waals surface area (Å²) >= 11 is 5.79. The van der Waals surface area contributed by atoms with Crippen LogP contribution in [0.1, 0.15) is 12.6 Å². The predicted octanol–water partition coefficient (Wildman–Crippen LogP) is 3.15. The summed E-state index contributed by atoms with van der Waals surface area (Å²) in [6.45, 7) is -0.958. The highest BCUT2D eigenvalue weighted by Gasteiger charge is 2.12. The number of nitrogens with zero attached hydrogens (tertiary/aromatic N) is 2. The lowest BCUT2D eigenvalue weighted by Crippen LogP contribution is -2.03. The van der Waals surface area contributed by atoms with Crippen LogP contribution in [0.2, 0.25) is 5.02 Å². The van der Waals surface area contributed by atoms with E-state index in [9.17, 15) is 8.78 Å². The number of imidazole rings is 1. The number of aryl methyl sites for hydroxylation is 1. The van der Waals surface area contributed by atoms with Crippen molar-refractivity contribution in [2.24, 2.45) is 0 Å². The Bertz CT molecular complexity index is 513. The highest BCUT2D eigenvalue weighted by atomic mass is 35.5. The van der Waals surface area contributed by atoms with Crippen molar-refractivity contribution >= 4 is 17.2 Å². The van der Waals surface area contributed by atoms with Gasteiger partial charge in [-0.3, -0.25) is 0 Å². The van der Waals surface area contributed by atoms with Gasteiger partial charge in [0.25, 0.3) is 0 Å². The topological polar surface area (TPSA) is 26.5 Å². The van der Waals surface area contributed by atoms with E-state index >= 15 is 0 Å². The molecular weight excluding hydrogens is 238 g/mol. The van der Waals surface area contributed by atoms with Crippen molar-refractivity contribution in [1.82, 2.24) is 9.38 Å². The SMILES string of the molecule is CCc1cn2cc(Cl)cc(OC(F)F)c2n1. The summed E-state index contributed by atoms with van der Waals surface area (Å²) in [6, 6.07) is 1.33. The van der Waals surface area contributed by atoms with Gasteiger partial charge in [-0.1, -0.05) is 18.5 Å². The first kappa shape index (κ1) is 11.1. The number of hydrogen-bond acceptors (Lipinski definition) is 2. The van der Waals surface area contributed by atoms with Gasteiger partial charge in [-0.05, 0) is 6.42 Å². The van der Waals surface area contributed by atoms with Crippen LogP contribution in [0.4, 0.5) is 8.78 Å². The van der Waals surface area contributed by atoms with Crippen molar-refractivity contribution in [2.75, 3.05) is 0 Å². The minimum absolute atomic E-state index is 0.0119. The summed E-state index contributed by atoms with van der Waals surface area (Å²) in [5, 5.41) is 0.322. The second-order valence-corrected chi connectivity index (χ2v) is 3.65. The molecule has 2 heterocycles. The Balaban J connectivity index is 2.56. The van der Waals surface area contributed by atoms with E-state index in [2.05, 4.69) is 9.72 Å². The molecule has 0 bridgehead atoms. The first-order valence-electron chi connectivity index (χ1n) is 4.72. The number of fused-ring (bicyclic) bond motifs is 1. The molecule has 0 aromatic carbocycles. The zero-order valence-electron chi connectivity index (χ0n) is 8.45. The molecule has 0 aliphatic carbocycles. The molecule has 0 aliphatic heterocycles. The van der Waals surface area contributed by atoms with E-state index in [4.69, 9.17) is 11.6 Å². The first-order chi connectivity index (χ1) is 7.60. The standard InChI is InChI=1S/C10H9ClF2N2O/c1-2-7-5-15-4-6(11)3-8(9(15)14-7)16-10(12)13/h3-5,10H,2H2,1H3. The Morgan fingerprint density at radius 2 is 2.25 bits per heavy atom. The molecular formula is C10H9ClF2N2O. The van der Waals surface area contributed by atoms with Gasteiger partial charge in [0.2, 0.25) is 0 Å². The van der Waals surface area contributed by atoms with Gasteiger partial charge in [-0.25, -0.2) is 4.98 Å². The zero-order chi connectivity index (χ0) is 11.7. The van der Waals surface area contributed by atoms with E-state index < -0.39 is 6.61 Å². The average Bonchev–Trinajstić information content (AvgIpc) is 2.59.